The van der Waals surface area contributed by atoms with E-state index < -0.39 is 8.07 Å². The lowest BCUT2D eigenvalue weighted by molar-refractivity contribution is -0.112. The Hall–Kier alpha value is -1.67. The molecule has 0 heterocycles. The van der Waals surface area contributed by atoms with Crippen molar-refractivity contribution in [3.63, 3.8) is 0 Å². The summed E-state index contributed by atoms with van der Waals surface area (Å²) in [5.74, 6) is 1.60. The summed E-state index contributed by atoms with van der Waals surface area (Å²) in [4.78, 5) is 13.4. The van der Waals surface area contributed by atoms with Gasteiger partial charge in [-0.1, -0.05) is 87.0 Å². The van der Waals surface area contributed by atoms with Gasteiger partial charge in [-0.25, -0.2) is 0 Å². The fourth-order valence-electron chi connectivity index (χ4n) is 4.20. The molecule has 2 aromatic carbocycles. The molecule has 2 aromatic rings. The number of benzene rings is 2. The lowest BCUT2D eigenvalue weighted by Gasteiger charge is -2.27. The molecule has 1 aliphatic rings. The minimum atomic E-state index is -2.33. The fraction of sp³-hybridized carbons (Fsp3) is 0.409. The largest absolute Gasteiger partial charge is 0.305 e. The lowest BCUT2D eigenvalue weighted by Crippen LogP contribution is -2.62. The van der Waals surface area contributed by atoms with E-state index in [4.69, 9.17) is 0 Å². The quantitative estimate of drug-likeness (QED) is 0.722. The highest BCUT2D eigenvalue weighted by Gasteiger charge is 2.39. The first-order chi connectivity index (χ1) is 11.6. The van der Waals surface area contributed by atoms with Crippen LogP contribution in [0, 0.1) is 11.8 Å². The molecule has 0 bridgehead atoms. The predicted molar refractivity (Wildman–Crippen MR) is 105 cm³/mol. The van der Waals surface area contributed by atoms with Crippen LogP contribution in [-0.2, 0) is 4.79 Å². The Balaban J connectivity index is 1.83. The molecule has 2 atom stereocenters. The first-order valence-corrected chi connectivity index (χ1v) is 11.7. The van der Waals surface area contributed by atoms with Gasteiger partial charge in [-0.3, -0.25) is 0 Å². The van der Waals surface area contributed by atoms with Crippen molar-refractivity contribution in [3.8, 4) is 0 Å². The van der Waals surface area contributed by atoms with Crippen molar-refractivity contribution in [2.75, 3.05) is 0 Å². The minimum Gasteiger partial charge on any atom is -0.305 e. The summed E-state index contributed by atoms with van der Waals surface area (Å²) in [6.45, 7) is 4.58. The van der Waals surface area contributed by atoms with Crippen LogP contribution in [0.15, 0.2) is 60.7 Å². The maximum Gasteiger partial charge on any atom is 0.190 e. The molecule has 24 heavy (non-hydrogen) atoms. The van der Waals surface area contributed by atoms with Gasteiger partial charge < -0.3 is 4.79 Å². The Morgan fingerprint density at radius 3 is 1.96 bits per heavy atom. The predicted octanol–water partition coefficient (Wildman–Crippen LogP) is 4.20. The fourth-order valence-corrected chi connectivity index (χ4v) is 7.54. The second-order valence-corrected chi connectivity index (χ2v) is 11.6. The van der Waals surface area contributed by atoms with E-state index in [0.29, 0.717) is 5.41 Å². The van der Waals surface area contributed by atoms with Gasteiger partial charge >= 0.3 is 0 Å². The molecule has 0 unspecified atom stereocenters. The molecule has 0 radical (unpaired) electrons. The highest BCUT2D eigenvalue weighted by atomic mass is 28.3. The van der Waals surface area contributed by atoms with Gasteiger partial charge in [0.15, 0.2) is 8.07 Å². The number of carbonyl (C=O) groups excluding carboxylic acids is 1. The summed E-state index contributed by atoms with van der Waals surface area (Å²) in [7, 11) is -2.33. The average molecular weight is 337 g/mol. The monoisotopic (exact) mass is 336 g/mol. The third-order valence-electron chi connectivity index (χ3n) is 5.84. The molecule has 0 spiro atoms. The summed E-state index contributed by atoms with van der Waals surface area (Å²) in [5.41, 5.74) is 0. The van der Waals surface area contributed by atoms with E-state index in [1.165, 1.54) is 29.6 Å². The Morgan fingerprint density at radius 2 is 1.50 bits per heavy atom. The Labute approximate surface area is 147 Å². The van der Waals surface area contributed by atoms with Gasteiger partial charge in [-0.15, -0.1) is 0 Å². The van der Waals surface area contributed by atoms with Crippen LogP contribution in [0.1, 0.15) is 39.0 Å². The van der Waals surface area contributed by atoms with Crippen molar-refractivity contribution in [1.82, 2.24) is 0 Å². The van der Waals surface area contributed by atoms with Crippen molar-refractivity contribution >= 4 is 23.9 Å². The molecular formula is C22H28OSi. The van der Waals surface area contributed by atoms with Crippen molar-refractivity contribution in [2.24, 2.45) is 11.8 Å². The van der Waals surface area contributed by atoms with E-state index in [1.54, 1.807) is 0 Å². The maximum absolute atomic E-state index is 13.4. The summed E-state index contributed by atoms with van der Waals surface area (Å²) in [6, 6.07) is 20.9. The second kappa shape index (κ2) is 7.48. The first kappa shape index (κ1) is 17.2. The van der Waals surface area contributed by atoms with Gasteiger partial charge in [-0.2, -0.15) is 0 Å². The van der Waals surface area contributed by atoms with Crippen molar-refractivity contribution in [2.45, 2.75) is 45.6 Å². The molecule has 1 nitrogen and oxygen atoms in total. The van der Waals surface area contributed by atoms with Crippen molar-refractivity contribution in [1.29, 1.82) is 0 Å². The van der Waals surface area contributed by atoms with Gasteiger partial charge in [0, 0.05) is 6.42 Å². The molecule has 0 amide bonds. The zero-order valence-electron chi connectivity index (χ0n) is 14.9. The van der Waals surface area contributed by atoms with E-state index >= 15 is 0 Å². The molecular weight excluding hydrogens is 308 g/mol. The summed E-state index contributed by atoms with van der Waals surface area (Å²) in [6.07, 6.45) is 5.77. The molecule has 1 aliphatic carbocycles. The third-order valence-corrected chi connectivity index (χ3v) is 10.2. The number of hydrogen-bond donors (Lipinski definition) is 0. The van der Waals surface area contributed by atoms with Crippen LogP contribution in [0.5, 0.6) is 0 Å². The van der Waals surface area contributed by atoms with E-state index in [1.807, 2.05) is 12.1 Å². The lowest BCUT2D eigenvalue weighted by atomic mass is 10.0. The number of rotatable bonds is 6. The highest BCUT2D eigenvalue weighted by molar-refractivity contribution is 7.21. The molecule has 0 N–H and O–H groups in total. The van der Waals surface area contributed by atoms with Crippen molar-refractivity contribution in [3.05, 3.63) is 60.7 Å². The van der Waals surface area contributed by atoms with Crippen LogP contribution in [-0.4, -0.2) is 13.5 Å². The Morgan fingerprint density at radius 1 is 0.958 bits per heavy atom. The van der Waals surface area contributed by atoms with Gasteiger partial charge in [-0.05, 0) is 35.1 Å². The molecule has 1 saturated carbocycles. The molecule has 126 valence electrons. The summed E-state index contributed by atoms with van der Waals surface area (Å²) in [5, 5.41) is 2.96. The first-order valence-electron chi connectivity index (χ1n) is 9.25. The smallest absolute Gasteiger partial charge is 0.190 e. The van der Waals surface area contributed by atoms with Crippen molar-refractivity contribution < 1.29 is 4.79 Å². The van der Waals surface area contributed by atoms with Crippen LogP contribution in [0.3, 0.4) is 0 Å². The minimum absolute atomic E-state index is 0.486. The maximum atomic E-state index is 13.4. The molecule has 0 aliphatic heterocycles. The SMILES string of the molecule is C[C@H]1CC[C@H](CCC(=O)[Si](C)(c2ccccc2)c2ccccc2)C1. The van der Waals surface area contributed by atoms with Gasteiger partial charge in [0.25, 0.3) is 0 Å². The Bertz CT molecular complexity index is 625. The highest BCUT2D eigenvalue weighted by Crippen LogP contribution is 2.33. The summed E-state index contributed by atoms with van der Waals surface area (Å²) < 4.78 is 0. The Kier molecular flexibility index (Phi) is 5.35. The normalized spacial score (nSPS) is 20.9. The van der Waals surface area contributed by atoms with Crippen LogP contribution in [0.4, 0.5) is 0 Å². The van der Waals surface area contributed by atoms with Crippen LogP contribution >= 0.6 is 0 Å². The molecule has 0 aromatic heterocycles. The number of carbonyl (C=O) groups is 1. The zero-order valence-corrected chi connectivity index (χ0v) is 15.9. The van der Waals surface area contributed by atoms with Gasteiger partial charge in [0.2, 0.25) is 0 Å². The zero-order chi connectivity index (χ0) is 17.0. The third kappa shape index (κ3) is 3.54. The van der Waals surface area contributed by atoms with Crippen LogP contribution < -0.4 is 10.4 Å². The molecule has 0 saturated heterocycles. The van der Waals surface area contributed by atoms with E-state index in [0.717, 1.165) is 24.7 Å². The number of hydrogen-bond acceptors (Lipinski definition) is 1. The molecule has 3 rings (SSSR count). The second-order valence-electron chi connectivity index (χ2n) is 7.60. The summed E-state index contributed by atoms with van der Waals surface area (Å²) >= 11 is 0. The van der Waals surface area contributed by atoms with E-state index in [9.17, 15) is 4.79 Å². The van der Waals surface area contributed by atoms with Gasteiger partial charge in [0.05, 0.1) is 0 Å². The van der Waals surface area contributed by atoms with E-state index in [-0.39, 0.29) is 0 Å². The van der Waals surface area contributed by atoms with Gasteiger partial charge in [0.1, 0.15) is 5.41 Å². The van der Waals surface area contributed by atoms with Crippen LogP contribution in [0.2, 0.25) is 6.55 Å². The molecule has 1 fully saturated rings. The average Bonchev–Trinajstić information content (AvgIpc) is 3.05. The topological polar surface area (TPSA) is 17.1 Å². The van der Waals surface area contributed by atoms with Crippen LogP contribution in [0.25, 0.3) is 0 Å². The molecule has 2 heteroatoms. The van der Waals surface area contributed by atoms with E-state index in [2.05, 4.69) is 62.0 Å². The standard InChI is InChI=1S/C22H28OSi/c1-18-13-14-19(17-18)15-16-22(23)24(2,20-9-5-3-6-10-20)21-11-7-4-8-12-21/h3-12,18-19H,13-17H2,1-2H3/t18-,19+/m0/s1.